The van der Waals surface area contributed by atoms with Crippen LogP contribution in [0.4, 0.5) is 10.5 Å². The average molecular weight is 329 g/mol. The van der Waals surface area contributed by atoms with E-state index in [1.165, 1.54) is 0 Å². The number of carbonyl (C=O) groups excluding carboxylic acids is 3. The van der Waals surface area contributed by atoms with Crippen molar-refractivity contribution in [2.45, 2.75) is 45.1 Å². The molecule has 1 heterocycles. The van der Waals surface area contributed by atoms with Crippen molar-refractivity contribution in [3.8, 4) is 0 Å². The minimum Gasteiger partial charge on any atom is -0.324 e. The van der Waals surface area contributed by atoms with E-state index in [0.717, 1.165) is 29.7 Å². The lowest BCUT2D eigenvalue weighted by Gasteiger charge is -2.36. The molecule has 2 N–H and O–H groups in total. The number of aryl methyl sites for hydroxylation is 1. The van der Waals surface area contributed by atoms with Crippen molar-refractivity contribution in [2.24, 2.45) is 5.92 Å². The molecule has 1 spiro atoms. The standard InChI is InChI=1S/C18H23N3O3/c1-12-7-3-4-9-14(12)19-15(22)11-21-16(23)18(20-17(21)24)10-6-5-8-13(18)2/h3-4,7,9,13H,5-6,8,10-11H2,1-2H3,(H,19,22)(H,20,24)/t13-,18-/m0/s1. The van der Waals surface area contributed by atoms with Crippen LogP contribution in [-0.4, -0.2) is 34.8 Å². The Balaban J connectivity index is 1.71. The van der Waals surface area contributed by atoms with Gasteiger partial charge in [-0.05, 0) is 37.3 Å². The molecule has 2 aliphatic rings. The fourth-order valence-corrected chi connectivity index (χ4v) is 3.69. The Morgan fingerprint density at radius 1 is 1.33 bits per heavy atom. The van der Waals surface area contributed by atoms with Gasteiger partial charge < -0.3 is 10.6 Å². The monoisotopic (exact) mass is 329 g/mol. The highest BCUT2D eigenvalue weighted by Crippen LogP contribution is 2.38. The first-order valence-corrected chi connectivity index (χ1v) is 8.43. The SMILES string of the molecule is Cc1ccccc1NC(=O)CN1C(=O)N[C@]2(CCCC[C@@H]2C)C1=O. The van der Waals surface area contributed by atoms with Gasteiger partial charge in [-0.1, -0.05) is 38.0 Å². The Labute approximate surface area is 141 Å². The molecule has 6 nitrogen and oxygen atoms in total. The summed E-state index contributed by atoms with van der Waals surface area (Å²) >= 11 is 0. The molecule has 2 fully saturated rings. The zero-order valence-electron chi connectivity index (χ0n) is 14.1. The Hall–Kier alpha value is -2.37. The third kappa shape index (κ3) is 2.77. The van der Waals surface area contributed by atoms with Gasteiger partial charge in [-0.25, -0.2) is 4.79 Å². The number of carbonyl (C=O) groups is 3. The van der Waals surface area contributed by atoms with Crippen LogP contribution in [0.15, 0.2) is 24.3 Å². The second kappa shape index (κ2) is 6.26. The molecular formula is C18H23N3O3. The van der Waals surface area contributed by atoms with E-state index in [2.05, 4.69) is 10.6 Å². The topological polar surface area (TPSA) is 78.5 Å². The second-order valence-corrected chi connectivity index (χ2v) is 6.80. The van der Waals surface area contributed by atoms with Crippen LogP contribution in [0.25, 0.3) is 0 Å². The molecule has 2 atom stereocenters. The Bertz CT molecular complexity index is 688. The summed E-state index contributed by atoms with van der Waals surface area (Å²) in [5, 5.41) is 5.62. The molecule has 1 saturated carbocycles. The van der Waals surface area contributed by atoms with Gasteiger partial charge in [-0.2, -0.15) is 0 Å². The number of nitrogens with one attached hydrogen (secondary N) is 2. The van der Waals surface area contributed by atoms with Gasteiger partial charge in [-0.15, -0.1) is 0 Å². The minimum absolute atomic E-state index is 0.0899. The minimum atomic E-state index is -0.821. The number of amides is 4. The van der Waals surface area contributed by atoms with E-state index in [1.54, 1.807) is 6.07 Å². The lowest BCUT2D eigenvalue weighted by Crippen LogP contribution is -2.54. The zero-order valence-corrected chi connectivity index (χ0v) is 14.1. The van der Waals surface area contributed by atoms with Crippen molar-refractivity contribution >= 4 is 23.5 Å². The van der Waals surface area contributed by atoms with Crippen LogP contribution in [-0.2, 0) is 9.59 Å². The summed E-state index contributed by atoms with van der Waals surface area (Å²) in [4.78, 5) is 38.4. The number of anilines is 1. The number of rotatable bonds is 3. The van der Waals surface area contributed by atoms with E-state index in [0.29, 0.717) is 12.1 Å². The highest BCUT2D eigenvalue weighted by atomic mass is 16.2. The molecule has 1 aromatic rings. The van der Waals surface area contributed by atoms with Crippen molar-refractivity contribution in [3.63, 3.8) is 0 Å². The number of benzene rings is 1. The summed E-state index contributed by atoms with van der Waals surface area (Å²) in [6, 6.07) is 6.94. The third-order valence-electron chi connectivity index (χ3n) is 5.22. The lowest BCUT2D eigenvalue weighted by atomic mass is 9.73. The molecule has 1 saturated heterocycles. The molecule has 0 unspecified atom stereocenters. The molecule has 0 radical (unpaired) electrons. The molecule has 24 heavy (non-hydrogen) atoms. The highest BCUT2D eigenvalue weighted by Gasteiger charge is 2.55. The molecule has 1 aliphatic carbocycles. The zero-order chi connectivity index (χ0) is 17.3. The molecule has 0 bridgehead atoms. The predicted molar refractivity (Wildman–Crippen MR) is 90.4 cm³/mol. The number of urea groups is 1. The molecule has 1 aliphatic heterocycles. The van der Waals surface area contributed by atoms with Crippen LogP contribution < -0.4 is 10.6 Å². The Kier molecular flexibility index (Phi) is 4.30. The van der Waals surface area contributed by atoms with Crippen LogP contribution in [0.1, 0.15) is 38.2 Å². The van der Waals surface area contributed by atoms with E-state index in [1.807, 2.05) is 32.0 Å². The first-order chi connectivity index (χ1) is 11.4. The molecule has 3 rings (SSSR count). The highest BCUT2D eigenvalue weighted by molar-refractivity contribution is 6.10. The number of hydrogen-bond donors (Lipinski definition) is 2. The summed E-state index contributed by atoms with van der Waals surface area (Å²) < 4.78 is 0. The summed E-state index contributed by atoms with van der Waals surface area (Å²) in [5.41, 5.74) is 0.800. The maximum Gasteiger partial charge on any atom is 0.325 e. The Morgan fingerprint density at radius 2 is 2.08 bits per heavy atom. The van der Waals surface area contributed by atoms with Gasteiger partial charge in [0.25, 0.3) is 5.91 Å². The summed E-state index contributed by atoms with van der Waals surface area (Å²) in [6.07, 6.45) is 3.55. The largest absolute Gasteiger partial charge is 0.325 e. The normalized spacial score (nSPS) is 26.6. The average Bonchev–Trinajstić information content (AvgIpc) is 2.78. The van der Waals surface area contributed by atoms with Gasteiger partial charge in [0.1, 0.15) is 12.1 Å². The van der Waals surface area contributed by atoms with Gasteiger partial charge in [0.15, 0.2) is 0 Å². The number of para-hydroxylation sites is 1. The van der Waals surface area contributed by atoms with Gasteiger partial charge in [0.2, 0.25) is 5.91 Å². The fraction of sp³-hybridized carbons (Fsp3) is 0.500. The van der Waals surface area contributed by atoms with E-state index >= 15 is 0 Å². The molecule has 4 amide bonds. The molecule has 1 aromatic carbocycles. The van der Waals surface area contributed by atoms with Crippen molar-refractivity contribution in [1.82, 2.24) is 10.2 Å². The quantitative estimate of drug-likeness (QED) is 0.836. The van der Waals surface area contributed by atoms with Gasteiger partial charge in [0, 0.05) is 5.69 Å². The van der Waals surface area contributed by atoms with Crippen LogP contribution >= 0.6 is 0 Å². The van der Waals surface area contributed by atoms with E-state index in [-0.39, 0.29) is 24.3 Å². The summed E-state index contributed by atoms with van der Waals surface area (Å²) in [6.45, 7) is 3.63. The molecule has 128 valence electrons. The maximum atomic E-state index is 12.8. The van der Waals surface area contributed by atoms with Crippen molar-refractivity contribution in [3.05, 3.63) is 29.8 Å². The van der Waals surface area contributed by atoms with Crippen LogP contribution in [0, 0.1) is 12.8 Å². The fourth-order valence-electron chi connectivity index (χ4n) is 3.69. The number of imide groups is 1. The summed E-state index contributed by atoms with van der Waals surface area (Å²) in [5.74, 6) is -0.542. The van der Waals surface area contributed by atoms with Crippen molar-refractivity contribution in [2.75, 3.05) is 11.9 Å². The molecular weight excluding hydrogens is 306 g/mol. The lowest BCUT2D eigenvalue weighted by molar-refractivity contribution is -0.136. The van der Waals surface area contributed by atoms with Crippen molar-refractivity contribution in [1.29, 1.82) is 0 Å². The van der Waals surface area contributed by atoms with Crippen LogP contribution in [0.2, 0.25) is 0 Å². The predicted octanol–water partition coefficient (Wildman–Crippen LogP) is 2.43. The first kappa shape index (κ1) is 16.5. The van der Waals surface area contributed by atoms with E-state index in [9.17, 15) is 14.4 Å². The maximum absolute atomic E-state index is 12.8. The number of hydrogen-bond acceptors (Lipinski definition) is 3. The van der Waals surface area contributed by atoms with Crippen molar-refractivity contribution < 1.29 is 14.4 Å². The third-order valence-corrected chi connectivity index (χ3v) is 5.22. The second-order valence-electron chi connectivity index (χ2n) is 6.80. The Morgan fingerprint density at radius 3 is 2.79 bits per heavy atom. The van der Waals surface area contributed by atoms with Crippen LogP contribution in [0.5, 0.6) is 0 Å². The van der Waals surface area contributed by atoms with E-state index in [4.69, 9.17) is 0 Å². The van der Waals surface area contributed by atoms with Gasteiger partial charge in [0.05, 0.1) is 0 Å². The molecule has 6 heteroatoms. The number of nitrogens with zero attached hydrogens (tertiary/aromatic N) is 1. The molecule has 0 aromatic heterocycles. The first-order valence-electron chi connectivity index (χ1n) is 8.43. The van der Waals surface area contributed by atoms with E-state index < -0.39 is 11.6 Å². The smallest absolute Gasteiger partial charge is 0.324 e. The van der Waals surface area contributed by atoms with Crippen LogP contribution in [0.3, 0.4) is 0 Å². The van der Waals surface area contributed by atoms with Gasteiger partial charge >= 0.3 is 6.03 Å². The summed E-state index contributed by atoms with van der Waals surface area (Å²) in [7, 11) is 0. The van der Waals surface area contributed by atoms with Gasteiger partial charge in [-0.3, -0.25) is 14.5 Å².